The number of ether oxygens (including phenoxy) is 1. The lowest BCUT2D eigenvalue weighted by molar-refractivity contribution is -0.0155. The summed E-state index contributed by atoms with van der Waals surface area (Å²) in [4.78, 5) is 2.21. The third kappa shape index (κ3) is 5.79. The molecule has 0 bridgehead atoms. The van der Waals surface area contributed by atoms with Crippen molar-refractivity contribution in [3.05, 3.63) is 29.8 Å². The Labute approximate surface area is 140 Å². The van der Waals surface area contributed by atoms with E-state index in [0.29, 0.717) is 0 Å². The van der Waals surface area contributed by atoms with Gasteiger partial charge >= 0.3 is 0 Å². The van der Waals surface area contributed by atoms with Gasteiger partial charge in [-0.25, -0.2) is 0 Å². The van der Waals surface area contributed by atoms with E-state index in [9.17, 15) is 5.11 Å². The summed E-state index contributed by atoms with van der Waals surface area (Å²) < 4.78 is 6.09. The first-order valence-electron chi connectivity index (χ1n) is 8.86. The first-order chi connectivity index (χ1) is 11.1. The molecule has 1 aromatic carbocycles. The van der Waals surface area contributed by atoms with E-state index >= 15 is 0 Å². The largest absolute Gasteiger partial charge is 0.487 e. The molecule has 0 aliphatic heterocycles. The summed E-state index contributed by atoms with van der Waals surface area (Å²) in [6, 6.07) is 8.18. The van der Waals surface area contributed by atoms with Crippen molar-refractivity contribution >= 4 is 0 Å². The van der Waals surface area contributed by atoms with Gasteiger partial charge in [-0.05, 0) is 77.8 Å². The monoisotopic (exact) mass is 320 g/mol. The second-order valence-electron chi connectivity index (χ2n) is 6.91. The molecule has 1 aromatic rings. The molecule has 0 spiro atoms. The normalized spacial score (nSPS) is 24.8. The number of aliphatic hydroxyl groups excluding tert-OH is 1. The van der Waals surface area contributed by atoms with Gasteiger partial charge in [-0.3, -0.25) is 0 Å². The SMILES string of the molecule is Cc1ccccc1O[C@@H]1CCC[C@H](NCCCCN(C)C)[C@H]1O. The van der Waals surface area contributed by atoms with Crippen molar-refractivity contribution in [2.24, 2.45) is 0 Å². The minimum absolute atomic E-state index is 0.107. The Balaban J connectivity index is 1.79. The van der Waals surface area contributed by atoms with E-state index in [1.54, 1.807) is 0 Å². The van der Waals surface area contributed by atoms with Gasteiger partial charge in [0.25, 0.3) is 0 Å². The molecule has 0 unspecified atom stereocenters. The molecule has 0 heterocycles. The fourth-order valence-corrected chi connectivity index (χ4v) is 3.18. The number of para-hydroxylation sites is 1. The molecule has 0 saturated heterocycles. The van der Waals surface area contributed by atoms with Crippen molar-refractivity contribution in [1.29, 1.82) is 0 Å². The topological polar surface area (TPSA) is 44.7 Å². The van der Waals surface area contributed by atoms with Crippen LogP contribution in [0.2, 0.25) is 0 Å². The van der Waals surface area contributed by atoms with E-state index in [0.717, 1.165) is 50.1 Å². The van der Waals surface area contributed by atoms with Crippen LogP contribution in [0.5, 0.6) is 5.75 Å². The van der Waals surface area contributed by atoms with Crippen LogP contribution < -0.4 is 10.1 Å². The summed E-state index contributed by atoms with van der Waals surface area (Å²) in [5.41, 5.74) is 1.12. The van der Waals surface area contributed by atoms with Crippen LogP contribution in [0.1, 0.15) is 37.7 Å². The van der Waals surface area contributed by atoms with Gasteiger partial charge in [-0.1, -0.05) is 18.2 Å². The van der Waals surface area contributed by atoms with Crippen molar-refractivity contribution in [3.63, 3.8) is 0 Å². The Bertz CT molecular complexity index is 464. The number of unbranched alkanes of at least 4 members (excludes halogenated alkanes) is 1. The van der Waals surface area contributed by atoms with Crippen molar-refractivity contribution in [2.45, 2.75) is 57.3 Å². The van der Waals surface area contributed by atoms with Crippen molar-refractivity contribution in [1.82, 2.24) is 10.2 Å². The molecule has 23 heavy (non-hydrogen) atoms. The van der Waals surface area contributed by atoms with E-state index in [2.05, 4.69) is 24.3 Å². The first kappa shape index (κ1) is 18.2. The summed E-state index contributed by atoms with van der Waals surface area (Å²) >= 11 is 0. The van der Waals surface area contributed by atoms with Crippen LogP contribution in [0.25, 0.3) is 0 Å². The summed E-state index contributed by atoms with van der Waals surface area (Å²) in [5.74, 6) is 0.892. The van der Waals surface area contributed by atoms with Gasteiger partial charge < -0.3 is 20.1 Å². The number of nitrogens with one attached hydrogen (secondary N) is 1. The molecule has 1 aliphatic carbocycles. The number of benzene rings is 1. The van der Waals surface area contributed by atoms with Crippen molar-refractivity contribution in [3.8, 4) is 5.75 Å². The van der Waals surface area contributed by atoms with Crippen LogP contribution in [-0.2, 0) is 0 Å². The van der Waals surface area contributed by atoms with E-state index in [-0.39, 0.29) is 12.1 Å². The molecule has 2 rings (SSSR count). The van der Waals surface area contributed by atoms with E-state index in [4.69, 9.17) is 4.74 Å². The van der Waals surface area contributed by atoms with E-state index in [1.165, 1.54) is 6.42 Å². The molecule has 1 saturated carbocycles. The number of hydrogen-bond acceptors (Lipinski definition) is 4. The Hall–Kier alpha value is -1.10. The van der Waals surface area contributed by atoms with Crippen LogP contribution >= 0.6 is 0 Å². The van der Waals surface area contributed by atoms with Gasteiger partial charge in [-0.15, -0.1) is 0 Å². The lowest BCUT2D eigenvalue weighted by Crippen LogP contribution is -2.51. The van der Waals surface area contributed by atoms with Gasteiger partial charge in [-0.2, -0.15) is 0 Å². The van der Waals surface area contributed by atoms with Crippen molar-refractivity contribution in [2.75, 3.05) is 27.2 Å². The van der Waals surface area contributed by atoms with E-state index in [1.807, 2.05) is 31.2 Å². The number of aryl methyl sites for hydroxylation is 1. The maximum atomic E-state index is 10.6. The average molecular weight is 320 g/mol. The first-order valence-corrected chi connectivity index (χ1v) is 8.86. The third-order valence-corrected chi connectivity index (χ3v) is 4.61. The van der Waals surface area contributed by atoms with Crippen LogP contribution in [0.4, 0.5) is 0 Å². The Morgan fingerprint density at radius 3 is 2.74 bits per heavy atom. The summed E-state index contributed by atoms with van der Waals surface area (Å²) in [5, 5.41) is 14.2. The quantitative estimate of drug-likeness (QED) is 0.723. The van der Waals surface area contributed by atoms with Gasteiger partial charge in [0.05, 0.1) is 0 Å². The Morgan fingerprint density at radius 1 is 1.22 bits per heavy atom. The summed E-state index contributed by atoms with van der Waals surface area (Å²) in [6.45, 7) is 4.13. The van der Waals surface area contributed by atoms with Crippen molar-refractivity contribution < 1.29 is 9.84 Å². The molecular formula is C19H32N2O2. The molecule has 4 nitrogen and oxygen atoms in total. The van der Waals surface area contributed by atoms with Crippen LogP contribution in [-0.4, -0.2) is 55.4 Å². The maximum Gasteiger partial charge on any atom is 0.126 e. The molecule has 1 aliphatic rings. The number of rotatable bonds is 8. The van der Waals surface area contributed by atoms with Crippen LogP contribution in [0.15, 0.2) is 24.3 Å². The molecule has 130 valence electrons. The van der Waals surface area contributed by atoms with E-state index < -0.39 is 6.10 Å². The van der Waals surface area contributed by atoms with Crippen LogP contribution in [0.3, 0.4) is 0 Å². The predicted molar refractivity (Wildman–Crippen MR) is 95.0 cm³/mol. The zero-order valence-corrected chi connectivity index (χ0v) is 14.8. The molecule has 4 heteroatoms. The minimum Gasteiger partial charge on any atom is -0.487 e. The second kappa shape index (κ2) is 9.26. The summed E-state index contributed by atoms with van der Waals surface area (Å²) in [7, 11) is 4.21. The molecule has 0 amide bonds. The highest BCUT2D eigenvalue weighted by molar-refractivity contribution is 5.32. The third-order valence-electron chi connectivity index (χ3n) is 4.61. The number of nitrogens with zero attached hydrogens (tertiary/aromatic N) is 1. The number of hydrogen-bond donors (Lipinski definition) is 2. The second-order valence-corrected chi connectivity index (χ2v) is 6.91. The lowest BCUT2D eigenvalue weighted by Gasteiger charge is -2.35. The molecular weight excluding hydrogens is 288 g/mol. The van der Waals surface area contributed by atoms with Gasteiger partial charge in [0, 0.05) is 6.04 Å². The molecule has 2 N–H and O–H groups in total. The fraction of sp³-hybridized carbons (Fsp3) is 0.684. The highest BCUT2D eigenvalue weighted by Gasteiger charge is 2.33. The summed E-state index contributed by atoms with van der Waals surface area (Å²) in [6.07, 6.45) is 4.84. The molecule has 1 fully saturated rings. The van der Waals surface area contributed by atoms with Gasteiger partial charge in [0.15, 0.2) is 0 Å². The lowest BCUT2D eigenvalue weighted by atomic mass is 9.89. The molecule has 0 aromatic heterocycles. The van der Waals surface area contributed by atoms with Gasteiger partial charge in [0.1, 0.15) is 18.0 Å². The highest BCUT2D eigenvalue weighted by atomic mass is 16.5. The Morgan fingerprint density at radius 2 is 2.00 bits per heavy atom. The fourth-order valence-electron chi connectivity index (χ4n) is 3.18. The zero-order valence-electron chi connectivity index (χ0n) is 14.8. The smallest absolute Gasteiger partial charge is 0.126 e. The average Bonchev–Trinajstić information content (AvgIpc) is 2.52. The maximum absolute atomic E-state index is 10.6. The molecule has 0 radical (unpaired) electrons. The molecule has 3 atom stereocenters. The predicted octanol–water partition coefficient (Wildman–Crippen LogP) is 2.59. The highest BCUT2D eigenvalue weighted by Crippen LogP contribution is 2.26. The number of aliphatic hydroxyl groups is 1. The van der Waals surface area contributed by atoms with Gasteiger partial charge in [0.2, 0.25) is 0 Å². The Kier molecular flexibility index (Phi) is 7.34. The minimum atomic E-state index is -0.433. The standard InChI is InChI=1S/C19H32N2O2/c1-15-9-4-5-11-17(15)23-18-12-8-10-16(19(18)22)20-13-6-7-14-21(2)3/h4-5,9,11,16,18-20,22H,6-8,10,12-14H2,1-3H3/t16-,18+,19+/m0/s1. The zero-order chi connectivity index (χ0) is 16.7. The van der Waals surface area contributed by atoms with Crippen LogP contribution in [0, 0.1) is 6.92 Å².